The normalized spacial score (nSPS) is 11.5. The number of thiazole rings is 1. The highest BCUT2D eigenvalue weighted by Gasteiger charge is 2.13. The summed E-state index contributed by atoms with van der Waals surface area (Å²) in [5.41, 5.74) is 1.27. The van der Waals surface area contributed by atoms with Gasteiger partial charge in [0.05, 0.1) is 15.5 Å². The molecule has 0 saturated carbocycles. The first-order chi connectivity index (χ1) is 14.2. The maximum absolute atomic E-state index is 12.7. The second-order valence-electron chi connectivity index (χ2n) is 6.15. The van der Waals surface area contributed by atoms with Gasteiger partial charge >= 0.3 is 0 Å². The monoisotopic (exact) mass is 444 g/mol. The molecule has 10 nitrogen and oxygen atoms in total. The molecule has 0 aliphatic rings. The molecular weight excluding hydrogens is 432 g/mol. The lowest BCUT2D eigenvalue weighted by Crippen LogP contribution is -2.14. The molecule has 0 saturated heterocycles. The lowest BCUT2D eigenvalue weighted by atomic mass is 10.1. The molecule has 0 radical (unpaired) electrons. The van der Waals surface area contributed by atoms with E-state index in [1.54, 1.807) is 17.5 Å². The van der Waals surface area contributed by atoms with Gasteiger partial charge in [-0.2, -0.15) is 8.42 Å². The number of nitro benzene ring substituents is 1. The Morgan fingerprint density at radius 3 is 2.37 bits per heavy atom. The SMILES string of the molecule is O=c1cc(Nc2ccc(S(=O)(=O)O)cc2)nc2scc(-c3ccc([N+](=O)[O-])cc3)n12. The van der Waals surface area contributed by atoms with E-state index in [1.807, 2.05) is 0 Å². The van der Waals surface area contributed by atoms with Crippen molar-refractivity contribution in [3.05, 3.63) is 80.4 Å². The zero-order chi connectivity index (χ0) is 21.5. The van der Waals surface area contributed by atoms with Crippen molar-refractivity contribution in [1.29, 1.82) is 0 Å². The average Bonchev–Trinajstić information content (AvgIpc) is 3.12. The molecule has 0 spiro atoms. The van der Waals surface area contributed by atoms with Crippen molar-refractivity contribution < 1.29 is 17.9 Å². The van der Waals surface area contributed by atoms with Crippen molar-refractivity contribution in [1.82, 2.24) is 9.38 Å². The third-order valence-electron chi connectivity index (χ3n) is 4.20. The molecule has 2 aromatic heterocycles. The van der Waals surface area contributed by atoms with Crippen LogP contribution in [0, 0.1) is 10.1 Å². The minimum absolute atomic E-state index is 0.0461. The predicted octanol–water partition coefficient (Wildman–Crippen LogP) is 3.32. The highest BCUT2D eigenvalue weighted by atomic mass is 32.2. The second kappa shape index (κ2) is 7.33. The van der Waals surface area contributed by atoms with Crippen LogP contribution in [0.5, 0.6) is 0 Å². The van der Waals surface area contributed by atoms with E-state index in [9.17, 15) is 23.3 Å². The maximum Gasteiger partial charge on any atom is 0.294 e. The van der Waals surface area contributed by atoms with Crippen molar-refractivity contribution >= 4 is 43.6 Å². The molecule has 0 bridgehead atoms. The summed E-state index contributed by atoms with van der Waals surface area (Å²) in [4.78, 5) is 27.5. The van der Waals surface area contributed by atoms with Gasteiger partial charge in [0.25, 0.3) is 21.4 Å². The Balaban J connectivity index is 1.67. The summed E-state index contributed by atoms with van der Waals surface area (Å²) in [6.07, 6.45) is 0. The minimum Gasteiger partial charge on any atom is -0.340 e. The molecule has 152 valence electrons. The molecular formula is C18H12N4O6S2. The standard InChI is InChI=1S/C18H12N4O6S2/c23-17-9-16(19-12-3-7-14(8-4-12)30(26,27)28)20-18-21(17)15(10-29-18)11-1-5-13(6-2-11)22(24)25/h1-10,19H,(H,26,27,28). The predicted molar refractivity (Wildman–Crippen MR) is 111 cm³/mol. The van der Waals surface area contributed by atoms with E-state index in [1.165, 1.54) is 58.2 Å². The summed E-state index contributed by atoms with van der Waals surface area (Å²) in [7, 11) is -4.29. The Morgan fingerprint density at radius 2 is 1.77 bits per heavy atom. The second-order valence-corrected chi connectivity index (χ2v) is 8.41. The van der Waals surface area contributed by atoms with E-state index in [-0.39, 0.29) is 22.0 Å². The molecule has 0 atom stereocenters. The van der Waals surface area contributed by atoms with E-state index in [4.69, 9.17) is 4.55 Å². The third kappa shape index (κ3) is 3.78. The number of nitrogens with zero attached hydrogens (tertiary/aromatic N) is 3. The molecule has 0 unspecified atom stereocenters. The number of non-ortho nitro benzene ring substituents is 1. The summed E-state index contributed by atoms with van der Waals surface area (Å²) >= 11 is 1.23. The molecule has 12 heteroatoms. The van der Waals surface area contributed by atoms with Gasteiger partial charge in [-0.1, -0.05) is 0 Å². The Bertz CT molecular complexity index is 1420. The van der Waals surface area contributed by atoms with E-state index in [0.717, 1.165) is 0 Å². The van der Waals surface area contributed by atoms with Gasteiger partial charge in [0.15, 0.2) is 4.96 Å². The fraction of sp³-hybridized carbons (Fsp3) is 0. The summed E-state index contributed by atoms with van der Waals surface area (Å²) in [5, 5.41) is 15.5. The third-order valence-corrected chi connectivity index (χ3v) is 5.90. The molecule has 2 aromatic carbocycles. The molecule has 4 rings (SSSR count). The van der Waals surface area contributed by atoms with Crippen molar-refractivity contribution in [3.63, 3.8) is 0 Å². The first-order valence-electron chi connectivity index (χ1n) is 8.33. The number of benzene rings is 2. The fourth-order valence-electron chi connectivity index (χ4n) is 2.80. The summed E-state index contributed by atoms with van der Waals surface area (Å²) < 4.78 is 32.7. The molecule has 2 N–H and O–H groups in total. The summed E-state index contributed by atoms with van der Waals surface area (Å²) in [6.45, 7) is 0. The summed E-state index contributed by atoms with van der Waals surface area (Å²) in [6, 6.07) is 12.5. The highest BCUT2D eigenvalue weighted by molar-refractivity contribution is 7.85. The smallest absolute Gasteiger partial charge is 0.294 e. The van der Waals surface area contributed by atoms with E-state index in [2.05, 4.69) is 10.3 Å². The van der Waals surface area contributed by atoms with Crippen LogP contribution in [-0.2, 0) is 10.1 Å². The van der Waals surface area contributed by atoms with Crippen molar-refractivity contribution in [2.45, 2.75) is 4.90 Å². The van der Waals surface area contributed by atoms with Crippen LogP contribution < -0.4 is 10.9 Å². The lowest BCUT2D eigenvalue weighted by molar-refractivity contribution is -0.384. The largest absolute Gasteiger partial charge is 0.340 e. The van der Waals surface area contributed by atoms with E-state index >= 15 is 0 Å². The Hall–Kier alpha value is -3.61. The van der Waals surface area contributed by atoms with E-state index in [0.29, 0.717) is 21.9 Å². The molecule has 0 fully saturated rings. The Morgan fingerprint density at radius 1 is 1.10 bits per heavy atom. The average molecular weight is 444 g/mol. The van der Waals surface area contributed by atoms with Crippen LogP contribution in [0.15, 0.2) is 69.7 Å². The van der Waals surface area contributed by atoms with Crippen LogP contribution >= 0.6 is 11.3 Å². The van der Waals surface area contributed by atoms with Crippen molar-refractivity contribution in [3.8, 4) is 11.3 Å². The number of aromatic nitrogens is 2. The van der Waals surface area contributed by atoms with Gasteiger partial charge < -0.3 is 5.32 Å². The summed E-state index contributed by atoms with van der Waals surface area (Å²) in [5.74, 6) is 0.261. The molecule has 0 amide bonds. The first-order valence-corrected chi connectivity index (χ1v) is 10.6. The van der Waals surface area contributed by atoms with Gasteiger partial charge in [0.1, 0.15) is 5.82 Å². The highest BCUT2D eigenvalue weighted by Crippen LogP contribution is 2.27. The maximum atomic E-state index is 12.7. The molecule has 0 aliphatic heterocycles. The van der Waals surface area contributed by atoms with Gasteiger partial charge in [-0.15, -0.1) is 11.3 Å². The number of nitrogens with one attached hydrogen (secondary N) is 1. The van der Waals surface area contributed by atoms with Crippen LogP contribution in [-0.4, -0.2) is 27.3 Å². The van der Waals surface area contributed by atoms with Crippen molar-refractivity contribution in [2.24, 2.45) is 0 Å². The zero-order valence-electron chi connectivity index (χ0n) is 14.9. The van der Waals surface area contributed by atoms with Gasteiger partial charge in [0.2, 0.25) is 0 Å². The van der Waals surface area contributed by atoms with Gasteiger partial charge in [0, 0.05) is 34.8 Å². The van der Waals surface area contributed by atoms with Gasteiger partial charge in [-0.25, -0.2) is 4.98 Å². The van der Waals surface area contributed by atoms with Crippen molar-refractivity contribution in [2.75, 3.05) is 5.32 Å². The molecule has 4 aromatic rings. The van der Waals surface area contributed by atoms with Crippen LogP contribution in [0.2, 0.25) is 0 Å². The van der Waals surface area contributed by atoms with Crippen LogP contribution in [0.4, 0.5) is 17.2 Å². The quantitative estimate of drug-likeness (QED) is 0.271. The Labute approximate surface area is 173 Å². The number of hydrogen-bond acceptors (Lipinski definition) is 8. The van der Waals surface area contributed by atoms with E-state index < -0.39 is 15.0 Å². The van der Waals surface area contributed by atoms with Gasteiger partial charge in [-0.3, -0.25) is 23.9 Å². The minimum atomic E-state index is -4.29. The number of anilines is 2. The van der Waals surface area contributed by atoms with Crippen LogP contribution in [0.3, 0.4) is 0 Å². The zero-order valence-corrected chi connectivity index (χ0v) is 16.6. The number of hydrogen-bond donors (Lipinski definition) is 2. The molecule has 2 heterocycles. The fourth-order valence-corrected chi connectivity index (χ4v) is 4.18. The first kappa shape index (κ1) is 19.7. The number of nitro groups is 1. The Kier molecular flexibility index (Phi) is 4.81. The van der Waals surface area contributed by atoms with Gasteiger partial charge in [-0.05, 0) is 36.4 Å². The lowest BCUT2D eigenvalue weighted by Gasteiger charge is -2.07. The van der Waals surface area contributed by atoms with Crippen LogP contribution in [0.25, 0.3) is 16.2 Å². The topological polar surface area (TPSA) is 144 Å². The van der Waals surface area contributed by atoms with Crippen LogP contribution in [0.1, 0.15) is 0 Å². The molecule has 0 aliphatic carbocycles. The molecule has 30 heavy (non-hydrogen) atoms. The number of fused-ring (bicyclic) bond motifs is 1. The number of rotatable bonds is 5.